The van der Waals surface area contributed by atoms with Gasteiger partial charge >= 0.3 is 11.9 Å². The monoisotopic (exact) mass is 379 g/mol. The molecule has 4 rings (SSSR count). The minimum atomic E-state index is -1.05. The first-order valence-electron chi connectivity index (χ1n) is 9.83. The predicted molar refractivity (Wildman–Crippen MR) is 106 cm³/mol. The van der Waals surface area contributed by atoms with E-state index in [4.69, 9.17) is 9.47 Å². The number of rotatable bonds is 2. The highest BCUT2D eigenvalue weighted by Crippen LogP contribution is 2.37. The summed E-state index contributed by atoms with van der Waals surface area (Å²) in [5.41, 5.74) is 4.97. The van der Waals surface area contributed by atoms with Crippen LogP contribution in [0.25, 0.3) is 11.8 Å². The molecule has 0 bridgehead atoms. The molecular formula is C23H25NO4. The van der Waals surface area contributed by atoms with Crippen molar-refractivity contribution in [2.75, 3.05) is 0 Å². The lowest BCUT2D eigenvalue weighted by molar-refractivity contribution is -0.244. The van der Waals surface area contributed by atoms with Gasteiger partial charge in [-0.1, -0.05) is 24.1 Å². The second-order valence-electron chi connectivity index (χ2n) is 7.81. The lowest BCUT2D eigenvalue weighted by atomic mass is 9.93. The maximum atomic E-state index is 12.6. The molecular weight excluding hydrogens is 354 g/mol. The predicted octanol–water partition coefficient (Wildman–Crippen LogP) is 4.55. The minimum Gasteiger partial charge on any atom is -0.419 e. The van der Waals surface area contributed by atoms with Crippen molar-refractivity contribution in [2.45, 2.75) is 58.7 Å². The Morgan fingerprint density at radius 2 is 1.54 bits per heavy atom. The van der Waals surface area contributed by atoms with Crippen molar-refractivity contribution < 1.29 is 19.1 Å². The van der Waals surface area contributed by atoms with E-state index in [1.54, 1.807) is 6.08 Å². The van der Waals surface area contributed by atoms with Gasteiger partial charge in [-0.15, -0.1) is 0 Å². The molecule has 2 heterocycles. The van der Waals surface area contributed by atoms with E-state index >= 15 is 0 Å². The molecule has 0 N–H and O–H groups in total. The quantitative estimate of drug-likeness (QED) is 0.436. The third kappa shape index (κ3) is 3.26. The standard InChI is InChI=1S/C23H25NO4/c1-15-7-9-19(10-8-15)24-16(2)13-18(17(24)3)14-20-21(25)27-23(28-22(20)26)11-5-4-6-12-23/h7-10,13-14H,4-6,11-12H2,1-3H3. The van der Waals surface area contributed by atoms with Crippen LogP contribution in [0.4, 0.5) is 0 Å². The van der Waals surface area contributed by atoms with Crippen molar-refractivity contribution in [1.29, 1.82) is 0 Å². The molecule has 1 aromatic heterocycles. The summed E-state index contributed by atoms with van der Waals surface area (Å²) >= 11 is 0. The molecule has 1 saturated carbocycles. The van der Waals surface area contributed by atoms with Gasteiger partial charge in [-0.3, -0.25) is 0 Å². The molecule has 1 aliphatic heterocycles. The fourth-order valence-electron chi connectivity index (χ4n) is 4.14. The number of ether oxygens (including phenoxy) is 2. The molecule has 5 heteroatoms. The lowest BCUT2D eigenvalue weighted by Crippen LogP contribution is -2.47. The van der Waals surface area contributed by atoms with Gasteiger partial charge in [0.1, 0.15) is 5.57 Å². The summed E-state index contributed by atoms with van der Waals surface area (Å²) in [4.78, 5) is 25.2. The van der Waals surface area contributed by atoms with Gasteiger partial charge in [0.2, 0.25) is 0 Å². The molecule has 2 aromatic rings. The van der Waals surface area contributed by atoms with Crippen LogP contribution in [0.5, 0.6) is 0 Å². The highest BCUT2D eigenvalue weighted by Gasteiger charge is 2.46. The first-order chi connectivity index (χ1) is 13.4. The number of aromatic nitrogens is 1. The molecule has 5 nitrogen and oxygen atoms in total. The smallest absolute Gasteiger partial charge is 0.348 e. The van der Waals surface area contributed by atoms with Crippen LogP contribution in [-0.2, 0) is 19.1 Å². The summed E-state index contributed by atoms with van der Waals surface area (Å²) < 4.78 is 13.3. The first kappa shape index (κ1) is 18.5. The van der Waals surface area contributed by atoms with Crippen LogP contribution in [0.2, 0.25) is 0 Å². The van der Waals surface area contributed by atoms with Crippen molar-refractivity contribution in [3.8, 4) is 5.69 Å². The minimum absolute atomic E-state index is 0.0413. The molecule has 0 atom stereocenters. The van der Waals surface area contributed by atoms with E-state index in [2.05, 4.69) is 28.8 Å². The van der Waals surface area contributed by atoms with Gasteiger partial charge in [0.05, 0.1) is 0 Å². The van der Waals surface area contributed by atoms with Gasteiger partial charge in [0.25, 0.3) is 5.79 Å². The van der Waals surface area contributed by atoms with E-state index < -0.39 is 17.7 Å². The lowest BCUT2D eigenvalue weighted by Gasteiger charge is -2.38. The van der Waals surface area contributed by atoms with Gasteiger partial charge in [-0.25, -0.2) is 9.59 Å². The number of hydrogen-bond donors (Lipinski definition) is 0. The number of aryl methyl sites for hydroxylation is 2. The molecule has 1 aliphatic carbocycles. The van der Waals surface area contributed by atoms with Gasteiger partial charge in [-0.2, -0.15) is 0 Å². The maximum absolute atomic E-state index is 12.6. The Balaban J connectivity index is 1.66. The SMILES string of the molecule is Cc1ccc(-n2c(C)cc(C=C3C(=O)OC4(CCCCC4)OC3=O)c2C)cc1. The Kier molecular flexibility index (Phi) is 4.61. The van der Waals surface area contributed by atoms with Crippen molar-refractivity contribution in [1.82, 2.24) is 4.57 Å². The van der Waals surface area contributed by atoms with Crippen LogP contribution in [0, 0.1) is 20.8 Å². The Morgan fingerprint density at radius 1 is 0.929 bits per heavy atom. The number of esters is 2. The van der Waals surface area contributed by atoms with Crippen LogP contribution in [0.3, 0.4) is 0 Å². The van der Waals surface area contributed by atoms with Gasteiger partial charge in [-0.05, 0) is 63.5 Å². The van der Waals surface area contributed by atoms with Crippen LogP contribution in [0.15, 0.2) is 35.9 Å². The highest BCUT2D eigenvalue weighted by atomic mass is 16.7. The third-order valence-corrected chi connectivity index (χ3v) is 5.67. The molecule has 2 aliphatic rings. The van der Waals surface area contributed by atoms with Crippen LogP contribution < -0.4 is 0 Å². The Morgan fingerprint density at radius 3 is 2.14 bits per heavy atom. The number of benzene rings is 1. The number of carbonyl (C=O) groups excluding carboxylic acids is 2. The molecule has 0 amide bonds. The molecule has 28 heavy (non-hydrogen) atoms. The fourth-order valence-corrected chi connectivity index (χ4v) is 4.14. The summed E-state index contributed by atoms with van der Waals surface area (Å²) in [6.45, 7) is 6.03. The largest absolute Gasteiger partial charge is 0.419 e. The van der Waals surface area contributed by atoms with E-state index in [1.807, 2.05) is 26.8 Å². The molecule has 1 spiro atoms. The summed E-state index contributed by atoms with van der Waals surface area (Å²) in [5, 5.41) is 0. The van der Waals surface area contributed by atoms with Gasteiger partial charge < -0.3 is 14.0 Å². The zero-order valence-electron chi connectivity index (χ0n) is 16.6. The molecule has 0 radical (unpaired) electrons. The summed E-state index contributed by atoms with van der Waals surface area (Å²) in [7, 11) is 0. The Labute approximate surface area is 165 Å². The van der Waals surface area contributed by atoms with Crippen LogP contribution in [0.1, 0.15) is 54.6 Å². The van der Waals surface area contributed by atoms with Crippen molar-refractivity contribution >= 4 is 18.0 Å². The second-order valence-corrected chi connectivity index (χ2v) is 7.81. The average molecular weight is 379 g/mol. The summed E-state index contributed by atoms with van der Waals surface area (Å²) in [6.07, 6.45) is 5.63. The summed E-state index contributed by atoms with van der Waals surface area (Å²) in [5.74, 6) is -2.22. The molecule has 1 aromatic carbocycles. The molecule has 0 unspecified atom stereocenters. The maximum Gasteiger partial charge on any atom is 0.348 e. The van der Waals surface area contributed by atoms with Crippen LogP contribution in [-0.4, -0.2) is 22.3 Å². The molecule has 1 saturated heterocycles. The van der Waals surface area contributed by atoms with Gasteiger partial charge in [0.15, 0.2) is 0 Å². The normalized spacial score (nSPS) is 18.8. The van der Waals surface area contributed by atoms with E-state index in [0.717, 1.165) is 41.9 Å². The molecule has 2 fully saturated rings. The highest BCUT2D eigenvalue weighted by molar-refractivity contribution is 6.19. The van der Waals surface area contributed by atoms with Crippen molar-refractivity contribution in [2.24, 2.45) is 0 Å². The van der Waals surface area contributed by atoms with Crippen LogP contribution >= 0.6 is 0 Å². The van der Waals surface area contributed by atoms with E-state index in [9.17, 15) is 9.59 Å². The third-order valence-electron chi connectivity index (χ3n) is 5.67. The second kappa shape index (κ2) is 6.97. The Bertz CT molecular complexity index is 937. The number of nitrogens with zero attached hydrogens (tertiary/aromatic N) is 1. The number of carbonyl (C=O) groups is 2. The van der Waals surface area contributed by atoms with E-state index in [-0.39, 0.29) is 5.57 Å². The topological polar surface area (TPSA) is 57.5 Å². The average Bonchev–Trinajstić information content (AvgIpc) is 2.93. The van der Waals surface area contributed by atoms with E-state index in [1.165, 1.54) is 5.56 Å². The Hall–Kier alpha value is -2.82. The van der Waals surface area contributed by atoms with Gasteiger partial charge in [0, 0.05) is 29.9 Å². The molecule has 146 valence electrons. The van der Waals surface area contributed by atoms with Crippen molar-refractivity contribution in [3.63, 3.8) is 0 Å². The first-order valence-corrected chi connectivity index (χ1v) is 9.83. The zero-order chi connectivity index (χ0) is 19.9. The fraction of sp³-hybridized carbons (Fsp3) is 0.391. The zero-order valence-corrected chi connectivity index (χ0v) is 16.6. The number of hydrogen-bond acceptors (Lipinski definition) is 4. The van der Waals surface area contributed by atoms with E-state index in [0.29, 0.717) is 12.8 Å². The summed E-state index contributed by atoms with van der Waals surface area (Å²) in [6, 6.07) is 10.2. The van der Waals surface area contributed by atoms with Crippen molar-refractivity contribution in [3.05, 3.63) is 58.4 Å².